The van der Waals surface area contributed by atoms with Gasteiger partial charge < -0.3 is 51.7 Å². The number of hydrazine groups is 1. The van der Waals surface area contributed by atoms with Crippen molar-refractivity contribution in [3.63, 3.8) is 0 Å². The number of ether oxygens (including phenoxy) is 9. The maximum Gasteiger partial charge on any atom is 0.303 e. The number of rotatable bonds is 18. The smallest absolute Gasteiger partial charge is 0.303 e. The monoisotopic (exact) mass is 885 g/mol. The summed E-state index contributed by atoms with van der Waals surface area (Å²) >= 11 is 6.49. The second-order valence-corrected chi connectivity index (χ2v) is 16.7. The molecule has 0 aliphatic carbocycles. The van der Waals surface area contributed by atoms with Gasteiger partial charge in [0.15, 0.2) is 48.2 Å². The minimum atomic E-state index is -3.30. The topological polar surface area (TPSA) is 266 Å². The fourth-order valence-electron chi connectivity index (χ4n) is 5.93. The van der Waals surface area contributed by atoms with Gasteiger partial charge in [0.1, 0.15) is 30.7 Å². The van der Waals surface area contributed by atoms with Crippen LogP contribution in [-0.2, 0) is 102 Å². The number of nitrogens with one attached hydrogen (secondary N) is 1. The molecule has 3 saturated heterocycles. The van der Waals surface area contributed by atoms with Crippen LogP contribution in [0.1, 0.15) is 68.7 Å². The first-order valence-electron chi connectivity index (χ1n) is 17.8. The Morgan fingerprint density at radius 3 is 1.72 bits per heavy atom. The molecule has 58 heavy (non-hydrogen) atoms. The maximum atomic E-state index is 13.1. The van der Waals surface area contributed by atoms with Crippen LogP contribution in [0, 0.1) is 0 Å². The number of hydrogen-bond acceptors (Lipinski definition) is 22. The standard InChI is InChI=1S/C33H48N3O19PS2/c1-10-46-56(57,47-11-2)35-36-24(44)14-58-33(36)34-31-29(51-20(8)42)27(49-18(6)40)26(23(53-31)13-45-16(4)38)55-32-30(52-21(9)43)28(50-19(7)41)25(48-17(5)39)22(54-32)12-15(3)37/h22-23,25-32H,10-14H2,1-9H3,(H,35,57)/b34-33+/t22-,23-,25-,26-,27+,28+,29-,30-,31-,32-/m1/s1. The number of Topliss-reactive ketones (excluding diaryl/α,β-unsaturated/α-hetero) is 1. The van der Waals surface area contributed by atoms with Gasteiger partial charge in [0.05, 0.1) is 19.0 Å². The first-order chi connectivity index (χ1) is 27.2. The Kier molecular flexibility index (Phi) is 18.6. The van der Waals surface area contributed by atoms with E-state index in [2.05, 4.69) is 10.2 Å². The van der Waals surface area contributed by atoms with E-state index in [1.165, 1.54) is 6.92 Å². The summed E-state index contributed by atoms with van der Waals surface area (Å²) in [6.45, 7) is 7.21. The Bertz CT molecular complexity index is 1640. The summed E-state index contributed by atoms with van der Waals surface area (Å²) < 4.78 is 63.0. The summed E-state index contributed by atoms with van der Waals surface area (Å²) in [5, 5.41) is 3.74. The molecule has 0 saturated carbocycles. The minimum absolute atomic E-state index is 0.0497. The van der Waals surface area contributed by atoms with E-state index in [1.807, 2.05) is 0 Å². The van der Waals surface area contributed by atoms with Crippen LogP contribution in [0.2, 0.25) is 0 Å². The van der Waals surface area contributed by atoms with E-state index in [0.717, 1.165) is 58.3 Å². The average Bonchev–Trinajstić information content (AvgIpc) is 3.42. The molecule has 1 amide bonds. The summed E-state index contributed by atoms with van der Waals surface area (Å²) in [7, 11) is 0. The number of ketones is 1. The number of hydrogen-bond donors (Lipinski definition) is 1. The van der Waals surface area contributed by atoms with Crippen molar-refractivity contribution in [2.24, 2.45) is 4.99 Å². The number of thioether (sulfide) groups is 1. The number of amidine groups is 1. The van der Waals surface area contributed by atoms with E-state index in [0.29, 0.717) is 0 Å². The van der Waals surface area contributed by atoms with Crippen molar-refractivity contribution < 1.29 is 90.0 Å². The lowest BCUT2D eigenvalue weighted by Crippen LogP contribution is -2.66. The van der Waals surface area contributed by atoms with Crippen molar-refractivity contribution >= 4 is 82.9 Å². The molecule has 326 valence electrons. The second-order valence-electron chi connectivity index (χ2n) is 12.7. The molecule has 0 aromatic rings. The maximum absolute atomic E-state index is 13.1. The number of aliphatic imine (C=N–C) groups is 1. The van der Waals surface area contributed by atoms with E-state index >= 15 is 0 Å². The summed E-state index contributed by atoms with van der Waals surface area (Å²) in [4.78, 5) is 105. The molecule has 0 radical (unpaired) electrons. The fourth-order valence-corrected chi connectivity index (χ4v) is 9.03. The predicted octanol–water partition coefficient (Wildman–Crippen LogP) is 0.756. The molecule has 0 spiro atoms. The lowest BCUT2D eigenvalue weighted by Gasteiger charge is -2.48. The van der Waals surface area contributed by atoms with Gasteiger partial charge >= 0.3 is 35.8 Å². The fraction of sp³-hybridized carbons (Fsp3) is 0.727. The summed E-state index contributed by atoms with van der Waals surface area (Å²) in [6.07, 6.45) is -16.6. The van der Waals surface area contributed by atoms with Gasteiger partial charge in [-0.1, -0.05) is 11.8 Å². The molecule has 3 heterocycles. The molecule has 3 aliphatic heterocycles. The molecular weight excluding hydrogens is 837 g/mol. The second kappa shape index (κ2) is 22.1. The number of carbonyl (C=O) groups excluding carboxylic acids is 8. The summed E-state index contributed by atoms with van der Waals surface area (Å²) in [5.41, 5.74) is 0. The number of nitrogens with zero attached hydrogens (tertiary/aromatic N) is 2. The first-order valence-corrected chi connectivity index (χ1v) is 21.5. The molecule has 3 fully saturated rings. The molecule has 22 nitrogen and oxygen atoms in total. The third-order valence-electron chi connectivity index (χ3n) is 7.77. The quantitative estimate of drug-likeness (QED) is 0.113. The normalized spacial score (nSPS) is 29.3. The molecule has 3 aliphatic rings. The van der Waals surface area contributed by atoms with E-state index in [1.54, 1.807) is 13.8 Å². The molecule has 0 unspecified atom stereocenters. The van der Waals surface area contributed by atoms with Gasteiger partial charge in [-0.3, -0.25) is 38.4 Å². The van der Waals surface area contributed by atoms with Crippen molar-refractivity contribution in [3.05, 3.63) is 0 Å². The number of esters is 6. The van der Waals surface area contributed by atoms with Crippen LogP contribution in [-0.4, -0.2) is 145 Å². The molecule has 0 aromatic carbocycles. The van der Waals surface area contributed by atoms with Gasteiger partial charge in [-0.25, -0.2) is 10.0 Å². The molecular formula is C33H48N3O19PS2. The molecule has 1 N–H and O–H groups in total. The Morgan fingerprint density at radius 2 is 1.22 bits per heavy atom. The van der Waals surface area contributed by atoms with Crippen LogP contribution < -0.4 is 5.20 Å². The van der Waals surface area contributed by atoms with Crippen molar-refractivity contribution in [2.45, 2.75) is 130 Å². The molecule has 0 bridgehead atoms. The molecule has 10 atom stereocenters. The third kappa shape index (κ3) is 14.0. The Morgan fingerprint density at radius 1 is 0.724 bits per heavy atom. The highest BCUT2D eigenvalue weighted by atomic mass is 32.5. The largest absolute Gasteiger partial charge is 0.463 e. The number of carbonyl (C=O) groups is 8. The Balaban J connectivity index is 2.22. The Hall–Kier alpha value is -3.61. The highest BCUT2D eigenvalue weighted by Crippen LogP contribution is 2.45. The zero-order valence-electron chi connectivity index (χ0n) is 33.2. The SMILES string of the molecule is CCOP(=S)(NN1C(=O)CS/C1=N/[C@@H]1O[C@H](COC(C)=O)[C@@H](O[C@H]2O[C@H](CC(C)=O)[C@@H](OC(C)=O)[C@H](OC(C)=O)[C@H]2OC(C)=O)[C@H](OC(C)=O)[C@H]1OC(C)=O)OCC. The minimum Gasteiger partial charge on any atom is -0.463 e. The Labute approximate surface area is 343 Å². The van der Waals surface area contributed by atoms with E-state index < -0.39 is 129 Å². The van der Waals surface area contributed by atoms with Crippen LogP contribution in [0.3, 0.4) is 0 Å². The predicted molar refractivity (Wildman–Crippen MR) is 199 cm³/mol. The van der Waals surface area contributed by atoms with E-state index in [4.69, 9.17) is 63.5 Å². The van der Waals surface area contributed by atoms with Crippen LogP contribution in [0.5, 0.6) is 0 Å². The van der Waals surface area contributed by atoms with Crippen LogP contribution >= 0.6 is 18.4 Å². The highest BCUT2D eigenvalue weighted by molar-refractivity contribution is 8.15. The molecule has 25 heteroatoms. The van der Waals surface area contributed by atoms with Crippen LogP contribution in [0.4, 0.5) is 0 Å². The lowest BCUT2D eigenvalue weighted by molar-refractivity contribution is -0.342. The summed E-state index contributed by atoms with van der Waals surface area (Å²) in [5.74, 6) is -6.42. The van der Waals surface area contributed by atoms with Crippen molar-refractivity contribution in [2.75, 3.05) is 25.6 Å². The number of amides is 1. The zero-order valence-corrected chi connectivity index (χ0v) is 35.8. The van der Waals surface area contributed by atoms with Crippen LogP contribution in [0.25, 0.3) is 0 Å². The van der Waals surface area contributed by atoms with Gasteiger partial charge in [0.25, 0.3) is 12.5 Å². The van der Waals surface area contributed by atoms with E-state index in [9.17, 15) is 38.4 Å². The van der Waals surface area contributed by atoms with Crippen molar-refractivity contribution in [1.82, 2.24) is 10.2 Å². The zero-order chi connectivity index (χ0) is 43.5. The van der Waals surface area contributed by atoms with Gasteiger partial charge in [0, 0.05) is 48.0 Å². The average molecular weight is 886 g/mol. The first kappa shape index (κ1) is 48.8. The molecule has 3 rings (SSSR count). The van der Waals surface area contributed by atoms with Gasteiger partial charge in [-0.05, 0) is 32.6 Å². The van der Waals surface area contributed by atoms with Crippen molar-refractivity contribution in [1.29, 1.82) is 0 Å². The van der Waals surface area contributed by atoms with E-state index in [-0.39, 0.29) is 24.1 Å². The van der Waals surface area contributed by atoms with Crippen molar-refractivity contribution in [3.8, 4) is 0 Å². The lowest BCUT2D eigenvalue weighted by atomic mass is 9.93. The van der Waals surface area contributed by atoms with Gasteiger partial charge in [-0.15, -0.1) is 5.20 Å². The van der Waals surface area contributed by atoms with Gasteiger partial charge in [-0.2, -0.15) is 0 Å². The highest BCUT2D eigenvalue weighted by Gasteiger charge is 2.57. The molecule has 0 aromatic heterocycles. The van der Waals surface area contributed by atoms with Crippen LogP contribution in [0.15, 0.2) is 4.99 Å². The van der Waals surface area contributed by atoms with Gasteiger partial charge in [0.2, 0.25) is 0 Å². The third-order valence-corrected chi connectivity index (χ3v) is 11.2. The summed E-state index contributed by atoms with van der Waals surface area (Å²) in [6, 6.07) is 0.